The highest BCUT2D eigenvalue weighted by Gasteiger charge is 2.34. The molecule has 2 amide bonds. The number of aromatic nitrogens is 4. The van der Waals surface area contributed by atoms with Crippen LogP contribution >= 0.6 is 0 Å². The minimum absolute atomic E-state index is 0.123. The fraction of sp³-hybridized carbons (Fsp3) is 0.480. The van der Waals surface area contributed by atoms with Gasteiger partial charge in [0.15, 0.2) is 5.76 Å². The maximum Gasteiger partial charge on any atom is 0.251 e. The fourth-order valence-electron chi connectivity index (χ4n) is 4.47. The van der Waals surface area contributed by atoms with Gasteiger partial charge in [-0.2, -0.15) is 4.80 Å². The minimum atomic E-state index is -0.754. The van der Waals surface area contributed by atoms with Crippen molar-refractivity contribution in [2.75, 3.05) is 19.1 Å². The van der Waals surface area contributed by atoms with E-state index in [0.717, 1.165) is 25.7 Å². The Morgan fingerprint density at radius 1 is 1.19 bits per heavy atom. The molecule has 1 aliphatic rings. The molecule has 2 heterocycles. The highest BCUT2D eigenvalue weighted by molar-refractivity contribution is 6.01. The number of ether oxygens (including phenoxy) is 2. The van der Waals surface area contributed by atoms with E-state index in [2.05, 4.69) is 20.7 Å². The summed E-state index contributed by atoms with van der Waals surface area (Å²) in [6.45, 7) is 3.47. The number of aryl methyl sites for hydroxylation is 1. The molecule has 36 heavy (non-hydrogen) atoms. The molecule has 1 atom stereocenters. The number of methoxy groups -OCH3 is 2. The molecule has 2 aromatic heterocycles. The lowest BCUT2D eigenvalue weighted by atomic mass is 10.1. The normalized spacial score (nSPS) is 14.4. The van der Waals surface area contributed by atoms with E-state index < -0.39 is 6.04 Å². The summed E-state index contributed by atoms with van der Waals surface area (Å²) in [5, 5.41) is 15.4. The van der Waals surface area contributed by atoms with Crippen molar-refractivity contribution in [2.45, 2.75) is 64.6 Å². The summed E-state index contributed by atoms with van der Waals surface area (Å²) in [4.78, 5) is 29.8. The summed E-state index contributed by atoms with van der Waals surface area (Å²) in [5.74, 6) is 1.85. The zero-order chi connectivity index (χ0) is 25.7. The Morgan fingerprint density at radius 3 is 2.61 bits per heavy atom. The average Bonchev–Trinajstić information content (AvgIpc) is 3.65. The van der Waals surface area contributed by atoms with Gasteiger partial charge < -0.3 is 19.2 Å². The number of tetrazole rings is 1. The lowest BCUT2D eigenvalue weighted by Gasteiger charge is -2.32. The first-order valence-corrected chi connectivity index (χ1v) is 12.1. The van der Waals surface area contributed by atoms with Crippen molar-refractivity contribution in [3.05, 3.63) is 36.1 Å². The van der Waals surface area contributed by atoms with Crippen molar-refractivity contribution in [3.63, 3.8) is 0 Å². The summed E-state index contributed by atoms with van der Waals surface area (Å²) in [5.41, 5.74) is 0.457. The van der Waals surface area contributed by atoms with E-state index in [4.69, 9.17) is 13.9 Å². The first-order valence-electron chi connectivity index (χ1n) is 12.1. The topological polar surface area (TPSA) is 125 Å². The van der Waals surface area contributed by atoms with Crippen LogP contribution in [0.25, 0.3) is 11.6 Å². The zero-order valence-electron chi connectivity index (χ0n) is 21.1. The molecule has 0 radical (unpaired) electrons. The number of hydrogen-bond acceptors (Lipinski definition) is 8. The second kappa shape index (κ2) is 11.2. The van der Waals surface area contributed by atoms with Gasteiger partial charge in [0.25, 0.3) is 5.91 Å². The van der Waals surface area contributed by atoms with Gasteiger partial charge in [0, 0.05) is 12.1 Å². The van der Waals surface area contributed by atoms with Crippen LogP contribution in [0.4, 0.5) is 5.69 Å². The van der Waals surface area contributed by atoms with E-state index in [0.29, 0.717) is 35.1 Å². The van der Waals surface area contributed by atoms with Crippen molar-refractivity contribution < 1.29 is 23.5 Å². The molecule has 0 aliphatic heterocycles. The second-order valence-electron chi connectivity index (χ2n) is 8.77. The van der Waals surface area contributed by atoms with Crippen LogP contribution in [0.5, 0.6) is 11.5 Å². The monoisotopic (exact) mass is 496 g/mol. The SMILES string of the molecule is CCC(C(=O)NC1CCCC1)N(C(=O)Cn1nnc(-c2ccc(C)o2)n1)c1ccc(OC)cc1OC. The van der Waals surface area contributed by atoms with Gasteiger partial charge in [-0.15, -0.1) is 10.2 Å². The third kappa shape index (κ3) is 5.50. The van der Waals surface area contributed by atoms with Crippen LogP contribution in [0.2, 0.25) is 0 Å². The molecule has 1 unspecified atom stereocenters. The third-order valence-corrected chi connectivity index (χ3v) is 6.31. The van der Waals surface area contributed by atoms with Crippen LogP contribution in [0.1, 0.15) is 44.8 Å². The van der Waals surface area contributed by atoms with E-state index in [1.54, 1.807) is 37.4 Å². The molecule has 1 N–H and O–H groups in total. The minimum Gasteiger partial charge on any atom is -0.497 e. The van der Waals surface area contributed by atoms with Crippen LogP contribution < -0.4 is 19.7 Å². The van der Waals surface area contributed by atoms with E-state index in [-0.39, 0.29) is 30.2 Å². The molecular weight excluding hydrogens is 464 g/mol. The first kappa shape index (κ1) is 25.2. The molecule has 3 aromatic rings. The van der Waals surface area contributed by atoms with E-state index in [1.165, 1.54) is 16.8 Å². The number of benzene rings is 1. The highest BCUT2D eigenvalue weighted by atomic mass is 16.5. The molecule has 0 saturated heterocycles. The van der Waals surface area contributed by atoms with Gasteiger partial charge in [-0.25, -0.2) is 0 Å². The Labute approximate surface area is 209 Å². The van der Waals surface area contributed by atoms with Crippen LogP contribution in [0, 0.1) is 6.92 Å². The molecule has 192 valence electrons. The summed E-state index contributed by atoms with van der Waals surface area (Å²) < 4.78 is 16.4. The smallest absolute Gasteiger partial charge is 0.251 e. The zero-order valence-corrected chi connectivity index (χ0v) is 21.1. The Hall–Kier alpha value is -3.89. The van der Waals surface area contributed by atoms with Crippen molar-refractivity contribution in [1.29, 1.82) is 0 Å². The predicted molar refractivity (Wildman–Crippen MR) is 132 cm³/mol. The fourth-order valence-corrected chi connectivity index (χ4v) is 4.47. The van der Waals surface area contributed by atoms with Gasteiger partial charge in [-0.05, 0) is 55.7 Å². The highest BCUT2D eigenvalue weighted by Crippen LogP contribution is 2.34. The number of nitrogens with zero attached hydrogens (tertiary/aromatic N) is 5. The summed E-state index contributed by atoms with van der Waals surface area (Å²) in [6.07, 6.45) is 4.47. The van der Waals surface area contributed by atoms with Crippen LogP contribution in [-0.4, -0.2) is 58.3 Å². The van der Waals surface area contributed by atoms with Gasteiger partial charge in [0.05, 0.1) is 19.9 Å². The van der Waals surface area contributed by atoms with E-state index in [1.807, 2.05) is 13.8 Å². The summed E-state index contributed by atoms with van der Waals surface area (Å²) in [7, 11) is 3.06. The molecule has 1 aliphatic carbocycles. The van der Waals surface area contributed by atoms with Crippen molar-refractivity contribution in [3.8, 4) is 23.1 Å². The standard InChI is InChI=1S/C25H32N6O5/c1-5-19(25(33)26-17-8-6-7-9-17)31(20-12-11-18(34-3)14-22(20)35-4)23(32)15-30-28-24(27-29-30)21-13-10-16(2)36-21/h10-14,17,19H,5-9,15H2,1-4H3,(H,26,33). The third-order valence-electron chi connectivity index (χ3n) is 6.31. The maximum absolute atomic E-state index is 13.7. The molecule has 1 fully saturated rings. The van der Waals surface area contributed by atoms with Gasteiger partial charge >= 0.3 is 0 Å². The number of carbonyl (C=O) groups excluding carboxylic acids is 2. The Morgan fingerprint density at radius 2 is 1.97 bits per heavy atom. The lowest BCUT2D eigenvalue weighted by molar-refractivity contribution is -0.127. The molecule has 4 rings (SSSR count). The molecule has 1 aromatic carbocycles. The van der Waals surface area contributed by atoms with Crippen LogP contribution in [0.3, 0.4) is 0 Å². The van der Waals surface area contributed by atoms with Crippen LogP contribution in [0.15, 0.2) is 34.7 Å². The number of furan rings is 1. The number of nitrogens with one attached hydrogen (secondary N) is 1. The van der Waals surface area contributed by atoms with E-state index >= 15 is 0 Å². The largest absolute Gasteiger partial charge is 0.497 e. The summed E-state index contributed by atoms with van der Waals surface area (Å²) in [6, 6.07) is 8.04. The molecule has 0 spiro atoms. The quantitative estimate of drug-likeness (QED) is 0.454. The number of carbonyl (C=O) groups is 2. The second-order valence-corrected chi connectivity index (χ2v) is 8.77. The molecule has 11 nitrogen and oxygen atoms in total. The molecular formula is C25H32N6O5. The molecule has 0 bridgehead atoms. The molecule has 11 heteroatoms. The van der Waals surface area contributed by atoms with Crippen molar-refractivity contribution in [1.82, 2.24) is 25.5 Å². The van der Waals surface area contributed by atoms with E-state index in [9.17, 15) is 9.59 Å². The first-order chi connectivity index (χ1) is 17.4. The van der Waals surface area contributed by atoms with Gasteiger partial charge in [0.2, 0.25) is 11.7 Å². The maximum atomic E-state index is 13.7. The van der Waals surface area contributed by atoms with Crippen molar-refractivity contribution in [2.24, 2.45) is 0 Å². The Bertz CT molecular complexity index is 1200. The number of hydrogen-bond donors (Lipinski definition) is 1. The Kier molecular flexibility index (Phi) is 7.87. The van der Waals surface area contributed by atoms with Crippen molar-refractivity contribution >= 4 is 17.5 Å². The molecule has 1 saturated carbocycles. The number of rotatable bonds is 10. The average molecular weight is 497 g/mol. The number of anilines is 1. The predicted octanol–water partition coefficient (Wildman–Crippen LogP) is 3.13. The summed E-state index contributed by atoms with van der Waals surface area (Å²) >= 11 is 0. The lowest BCUT2D eigenvalue weighted by Crippen LogP contribution is -2.52. The number of amides is 2. The van der Waals surface area contributed by atoms with Gasteiger partial charge in [0.1, 0.15) is 29.8 Å². The van der Waals surface area contributed by atoms with Gasteiger partial charge in [-0.1, -0.05) is 19.8 Å². The Balaban J connectivity index is 1.64. The van der Waals surface area contributed by atoms with Crippen LogP contribution in [-0.2, 0) is 16.1 Å². The van der Waals surface area contributed by atoms with Gasteiger partial charge in [-0.3, -0.25) is 14.5 Å².